The summed E-state index contributed by atoms with van der Waals surface area (Å²) in [5.41, 5.74) is 1.65. The smallest absolute Gasteiger partial charge is 0.264 e. The number of hydrogen-bond donors (Lipinski definition) is 1. The molecule has 1 aromatic carbocycles. The van der Waals surface area contributed by atoms with Crippen LogP contribution < -0.4 is 10.3 Å². The number of nitrogens with zero attached hydrogens (tertiary/aromatic N) is 1. The fraction of sp³-hybridized carbons (Fsp3) is 0.182. The van der Waals surface area contributed by atoms with E-state index in [2.05, 4.69) is 5.10 Å². The largest absolute Gasteiger partial charge is 0.497 e. The van der Waals surface area contributed by atoms with Crippen LogP contribution in [-0.2, 0) is 0 Å². The first-order valence-electron chi connectivity index (χ1n) is 4.64. The summed E-state index contributed by atoms with van der Waals surface area (Å²) in [6, 6.07) is 9.07. The molecule has 1 heterocycles. The second-order valence-electron chi connectivity index (χ2n) is 3.30. The zero-order valence-corrected chi connectivity index (χ0v) is 8.65. The number of nitrogens with one attached hydrogen (secondary N) is 1. The predicted octanol–water partition coefficient (Wildman–Crippen LogP) is 1.48. The molecule has 1 aromatic heterocycles. The van der Waals surface area contributed by atoms with E-state index in [4.69, 9.17) is 4.74 Å². The Labute approximate surface area is 87.1 Å². The number of benzene rings is 1. The summed E-state index contributed by atoms with van der Waals surface area (Å²) in [4.78, 5) is 11.1. The number of ether oxygens (including phenoxy) is 1. The second-order valence-corrected chi connectivity index (χ2v) is 3.30. The maximum absolute atomic E-state index is 11.1. The molecular weight excluding hydrogens is 192 g/mol. The van der Waals surface area contributed by atoms with Gasteiger partial charge in [-0.05, 0) is 19.1 Å². The van der Waals surface area contributed by atoms with Crippen molar-refractivity contribution in [2.75, 3.05) is 7.11 Å². The highest BCUT2D eigenvalue weighted by Crippen LogP contribution is 2.16. The minimum Gasteiger partial charge on any atom is -0.497 e. The molecule has 0 aliphatic carbocycles. The van der Waals surface area contributed by atoms with Crippen LogP contribution in [0.25, 0.3) is 5.69 Å². The summed E-state index contributed by atoms with van der Waals surface area (Å²) in [5, 5.41) is 2.72. The van der Waals surface area contributed by atoms with Gasteiger partial charge in [-0.3, -0.25) is 14.6 Å². The van der Waals surface area contributed by atoms with Crippen molar-refractivity contribution in [3.8, 4) is 11.4 Å². The van der Waals surface area contributed by atoms with E-state index in [9.17, 15) is 4.79 Å². The van der Waals surface area contributed by atoms with Crippen molar-refractivity contribution in [3.05, 3.63) is 46.4 Å². The highest BCUT2D eigenvalue weighted by molar-refractivity contribution is 5.39. The summed E-state index contributed by atoms with van der Waals surface area (Å²) in [6.45, 7) is 1.87. The van der Waals surface area contributed by atoms with Crippen molar-refractivity contribution in [2.24, 2.45) is 0 Å². The lowest BCUT2D eigenvalue weighted by Gasteiger charge is -2.06. The molecule has 0 bridgehead atoms. The van der Waals surface area contributed by atoms with E-state index < -0.39 is 0 Å². The highest BCUT2D eigenvalue weighted by Gasteiger charge is 2.02. The van der Waals surface area contributed by atoms with E-state index in [1.54, 1.807) is 17.9 Å². The Kier molecular flexibility index (Phi) is 2.33. The Balaban J connectivity index is 2.53. The quantitative estimate of drug-likeness (QED) is 0.805. The number of rotatable bonds is 2. The fourth-order valence-corrected chi connectivity index (χ4v) is 1.50. The molecule has 0 unspecified atom stereocenters. The monoisotopic (exact) mass is 204 g/mol. The molecule has 0 fully saturated rings. The average molecular weight is 204 g/mol. The lowest BCUT2D eigenvalue weighted by molar-refractivity contribution is 0.414. The van der Waals surface area contributed by atoms with Gasteiger partial charge >= 0.3 is 0 Å². The summed E-state index contributed by atoms with van der Waals surface area (Å²) in [7, 11) is 1.62. The molecule has 0 amide bonds. The SMILES string of the molecule is COc1cccc(-n2[nH]c(=O)cc2C)c1. The van der Waals surface area contributed by atoms with E-state index in [0.717, 1.165) is 17.1 Å². The molecule has 4 nitrogen and oxygen atoms in total. The third-order valence-electron chi connectivity index (χ3n) is 2.23. The molecule has 0 radical (unpaired) electrons. The summed E-state index contributed by atoms with van der Waals surface area (Å²) in [6.07, 6.45) is 0. The molecule has 0 saturated heterocycles. The Morgan fingerprint density at radius 2 is 2.13 bits per heavy atom. The van der Waals surface area contributed by atoms with Crippen LogP contribution in [0.15, 0.2) is 35.1 Å². The van der Waals surface area contributed by atoms with Crippen molar-refractivity contribution in [1.82, 2.24) is 9.78 Å². The zero-order chi connectivity index (χ0) is 10.8. The Hall–Kier alpha value is -1.97. The Bertz CT molecular complexity index is 525. The first-order valence-corrected chi connectivity index (χ1v) is 4.64. The van der Waals surface area contributed by atoms with Gasteiger partial charge in [0.05, 0.1) is 12.8 Å². The van der Waals surface area contributed by atoms with Crippen molar-refractivity contribution in [1.29, 1.82) is 0 Å². The van der Waals surface area contributed by atoms with Gasteiger partial charge < -0.3 is 4.74 Å². The molecule has 0 atom stereocenters. The molecule has 2 aromatic rings. The summed E-state index contributed by atoms with van der Waals surface area (Å²) < 4.78 is 6.84. The number of methoxy groups -OCH3 is 1. The van der Waals surface area contributed by atoms with Gasteiger partial charge in [0.2, 0.25) is 0 Å². The van der Waals surface area contributed by atoms with Crippen LogP contribution in [0.5, 0.6) is 5.75 Å². The summed E-state index contributed by atoms with van der Waals surface area (Å²) in [5.74, 6) is 0.765. The van der Waals surface area contributed by atoms with Crippen LogP contribution in [0.3, 0.4) is 0 Å². The van der Waals surface area contributed by atoms with E-state index in [0.29, 0.717) is 0 Å². The minimum absolute atomic E-state index is 0.102. The van der Waals surface area contributed by atoms with Gasteiger partial charge in [-0.2, -0.15) is 0 Å². The second kappa shape index (κ2) is 3.65. The molecule has 15 heavy (non-hydrogen) atoms. The van der Waals surface area contributed by atoms with Gasteiger partial charge in [0.25, 0.3) is 5.56 Å². The van der Waals surface area contributed by atoms with Gasteiger partial charge in [0, 0.05) is 17.8 Å². The normalized spacial score (nSPS) is 10.3. The molecule has 78 valence electrons. The van der Waals surface area contributed by atoms with E-state index in [1.807, 2.05) is 31.2 Å². The lowest BCUT2D eigenvalue weighted by atomic mass is 10.3. The van der Waals surface area contributed by atoms with Gasteiger partial charge in [-0.1, -0.05) is 6.07 Å². The standard InChI is InChI=1S/C11H12N2O2/c1-8-6-11(14)12-13(8)9-4-3-5-10(7-9)15-2/h3-7H,1-2H3,(H,12,14). The minimum atomic E-state index is -0.102. The number of H-pyrrole nitrogens is 1. The van der Waals surface area contributed by atoms with Crippen LogP contribution in [0, 0.1) is 6.92 Å². The van der Waals surface area contributed by atoms with E-state index in [1.165, 1.54) is 0 Å². The first kappa shape index (κ1) is 9.58. The third kappa shape index (κ3) is 1.79. The third-order valence-corrected chi connectivity index (χ3v) is 2.23. The molecular formula is C11H12N2O2. The van der Waals surface area contributed by atoms with Crippen molar-refractivity contribution < 1.29 is 4.74 Å². The number of hydrogen-bond acceptors (Lipinski definition) is 2. The van der Waals surface area contributed by atoms with Crippen molar-refractivity contribution >= 4 is 0 Å². The molecule has 1 N–H and O–H groups in total. The number of aromatic nitrogens is 2. The van der Waals surface area contributed by atoms with Gasteiger partial charge in [0.1, 0.15) is 5.75 Å². The van der Waals surface area contributed by atoms with Crippen molar-refractivity contribution in [2.45, 2.75) is 6.92 Å². The molecule has 2 rings (SSSR count). The maximum Gasteiger partial charge on any atom is 0.264 e. The molecule has 0 aliphatic heterocycles. The van der Waals surface area contributed by atoms with Gasteiger partial charge in [-0.15, -0.1) is 0 Å². The highest BCUT2D eigenvalue weighted by atomic mass is 16.5. The average Bonchev–Trinajstić information content (AvgIpc) is 2.58. The fourth-order valence-electron chi connectivity index (χ4n) is 1.50. The lowest BCUT2D eigenvalue weighted by Crippen LogP contribution is -2.04. The molecule has 4 heteroatoms. The number of aromatic amines is 1. The molecule has 0 spiro atoms. The maximum atomic E-state index is 11.1. The van der Waals surface area contributed by atoms with Crippen LogP contribution >= 0.6 is 0 Å². The van der Waals surface area contributed by atoms with Crippen LogP contribution in [-0.4, -0.2) is 16.9 Å². The predicted molar refractivity (Wildman–Crippen MR) is 57.7 cm³/mol. The topological polar surface area (TPSA) is 47.0 Å². The van der Waals surface area contributed by atoms with Crippen LogP contribution in [0.4, 0.5) is 0 Å². The van der Waals surface area contributed by atoms with Crippen molar-refractivity contribution in [3.63, 3.8) is 0 Å². The van der Waals surface area contributed by atoms with Crippen LogP contribution in [0.2, 0.25) is 0 Å². The first-order chi connectivity index (χ1) is 7.20. The van der Waals surface area contributed by atoms with Crippen LogP contribution in [0.1, 0.15) is 5.69 Å². The Morgan fingerprint density at radius 3 is 2.73 bits per heavy atom. The van der Waals surface area contributed by atoms with E-state index in [-0.39, 0.29) is 5.56 Å². The molecule has 0 aliphatic rings. The summed E-state index contributed by atoms with van der Waals surface area (Å²) >= 11 is 0. The molecule has 0 saturated carbocycles. The van der Waals surface area contributed by atoms with E-state index >= 15 is 0 Å². The van der Waals surface area contributed by atoms with Gasteiger partial charge in [0.15, 0.2) is 0 Å². The van der Waals surface area contributed by atoms with Gasteiger partial charge in [-0.25, -0.2) is 0 Å². The number of aryl methyl sites for hydroxylation is 1. The Morgan fingerprint density at radius 1 is 1.33 bits per heavy atom. The zero-order valence-electron chi connectivity index (χ0n) is 8.65.